The fraction of sp³-hybridized carbons (Fsp3) is 0.526. The summed E-state index contributed by atoms with van der Waals surface area (Å²) in [5.74, 6) is -0.583. The number of morpholine rings is 1. The largest absolute Gasteiger partial charge is 0.379 e. The molecule has 0 bridgehead atoms. The van der Waals surface area contributed by atoms with Crippen LogP contribution in [0.25, 0.3) is 0 Å². The van der Waals surface area contributed by atoms with Gasteiger partial charge in [0.25, 0.3) is 0 Å². The topological polar surface area (TPSA) is 87.7 Å². The van der Waals surface area contributed by atoms with Crippen LogP contribution in [0.2, 0.25) is 0 Å². The third kappa shape index (κ3) is 6.93. The monoisotopic (exact) mass is 361 g/mol. The van der Waals surface area contributed by atoms with Gasteiger partial charge in [0.2, 0.25) is 11.8 Å². The Morgan fingerprint density at radius 1 is 1.04 bits per heavy atom. The van der Waals surface area contributed by atoms with Gasteiger partial charge in [-0.15, -0.1) is 0 Å². The van der Waals surface area contributed by atoms with Gasteiger partial charge in [-0.2, -0.15) is 0 Å². The van der Waals surface area contributed by atoms with Crippen molar-refractivity contribution in [3.05, 3.63) is 35.4 Å². The fourth-order valence-corrected chi connectivity index (χ4v) is 2.76. The van der Waals surface area contributed by atoms with Crippen LogP contribution in [0.1, 0.15) is 28.8 Å². The molecule has 2 rings (SSSR count). The summed E-state index contributed by atoms with van der Waals surface area (Å²) < 4.78 is 5.27. The van der Waals surface area contributed by atoms with Gasteiger partial charge in [0.1, 0.15) is 0 Å². The minimum Gasteiger partial charge on any atom is -0.379 e. The Bertz CT molecular complexity index is 627. The lowest BCUT2D eigenvalue weighted by Gasteiger charge is -2.26. The molecule has 0 aromatic heterocycles. The maximum Gasteiger partial charge on any atom is 0.239 e. The van der Waals surface area contributed by atoms with E-state index in [1.807, 2.05) is 25.1 Å². The van der Waals surface area contributed by atoms with Crippen molar-refractivity contribution in [2.75, 3.05) is 45.9 Å². The number of Topliss-reactive ketones (excluding diaryl/α,β-unsaturated/α-hetero) is 1. The highest BCUT2D eigenvalue weighted by atomic mass is 16.5. The molecule has 1 aliphatic heterocycles. The van der Waals surface area contributed by atoms with Crippen LogP contribution >= 0.6 is 0 Å². The van der Waals surface area contributed by atoms with Crippen molar-refractivity contribution in [3.63, 3.8) is 0 Å². The summed E-state index contributed by atoms with van der Waals surface area (Å²) in [5, 5.41) is 5.34. The first-order chi connectivity index (χ1) is 12.6. The highest BCUT2D eigenvalue weighted by Crippen LogP contribution is 2.10. The fourth-order valence-electron chi connectivity index (χ4n) is 2.76. The molecule has 2 N–H and O–H groups in total. The van der Waals surface area contributed by atoms with Crippen LogP contribution in [0.15, 0.2) is 24.3 Å². The summed E-state index contributed by atoms with van der Waals surface area (Å²) in [5.41, 5.74) is 1.54. The van der Waals surface area contributed by atoms with Gasteiger partial charge in [0, 0.05) is 44.6 Å². The normalized spacial score (nSPS) is 14.7. The molecule has 0 spiro atoms. The quantitative estimate of drug-likeness (QED) is 0.626. The van der Waals surface area contributed by atoms with Crippen molar-refractivity contribution in [2.45, 2.75) is 19.8 Å². The lowest BCUT2D eigenvalue weighted by atomic mass is 10.0. The molecule has 26 heavy (non-hydrogen) atoms. The molecule has 7 nitrogen and oxygen atoms in total. The number of nitrogens with zero attached hydrogens (tertiary/aromatic N) is 1. The summed E-state index contributed by atoms with van der Waals surface area (Å²) in [6.07, 6.45) is 0.212. The number of ketones is 1. The number of carbonyl (C=O) groups is 3. The molecule has 2 amide bonds. The molecule has 1 aliphatic rings. The molecule has 142 valence electrons. The Kier molecular flexibility index (Phi) is 8.24. The molecule has 7 heteroatoms. The van der Waals surface area contributed by atoms with Crippen molar-refractivity contribution >= 4 is 17.6 Å². The van der Waals surface area contributed by atoms with E-state index in [1.54, 1.807) is 6.07 Å². The predicted molar refractivity (Wildman–Crippen MR) is 98.0 cm³/mol. The van der Waals surface area contributed by atoms with Crippen LogP contribution in [-0.4, -0.2) is 68.4 Å². The SMILES string of the molecule is Cc1ccccc1C(=O)CCC(=O)NCC(=O)NCCN1CCOCC1. The van der Waals surface area contributed by atoms with Crippen molar-refractivity contribution in [1.29, 1.82) is 0 Å². The maximum absolute atomic E-state index is 12.1. The first kappa shape index (κ1) is 20.1. The van der Waals surface area contributed by atoms with E-state index in [-0.39, 0.29) is 37.0 Å². The Morgan fingerprint density at radius 3 is 2.50 bits per heavy atom. The number of hydrogen-bond donors (Lipinski definition) is 2. The average Bonchev–Trinajstić information content (AvgIpc) is 2.65. The predicted octanol–water partition coefficient (Wildman–Crippen LogP) is 0.523. The summed E-state index contributed by atoms with van der Waals surface area (Å²) in [7, 11) is 0. The van der Waals surface area contributed by atoms with Gasteiger partial charge in [0.05, 0.1) is 19.8 Å². The van der Waals surface area contributed by atoms with Gasteiger partial charge >= 0.3 is 0 Å². The van der Waals surface area contributed by atoms with E-state index in [1.165, 1.54) is 0 Å². The van der Waals surface area contributed by atoms with Crippen molar-refractivity contribution in [2.24, 2.45) is 0 Å². The number of ether oxygens (including phenoxy) is 1. The van der Waals surface area contributed by atoms with Crippen molar-refractivity contribution in [3.8, 4) is 0 Å². The second kappa shape index (κ2) is 10.7. The lowest BCUT2D eigenvalue weighted by molar-refractivity contribution is -0.126. The number of nitrogens with one attached hydrogen (secondary N) is 2. The zero-order valence-corrected chi connectivity index (χ0v) is 15.3. The van der Waals surface area contributed by atoms with Crippen LogP contribution in [0.5, 0.6) is 0 Å². The first-order valence-corrected chi connectivity index (χ1v) is 8.98. The summed E-state index contributed by atoms with van der Waals surface area (Å²) in [4.78, 5) is 37.9. The molecular formula is C19H27N3O4. The number of carbonyl (C=O) groups excluding carboxylic acids is 3. The van der Waals surface area contributed by atoms with Gasteiger partial charge < -0.3 is 15.4 Å². The van der Waals surface area contributed by atoms with E-state index in [9.17, 15) is 14.4 Å². The third-order valence-electron chi connectivity index (χ3n) is 4.32. The summed E-state index contributed by atoms with van der Waals surface area (Å²) in [6.45, 7) is 6.32. The summed E-state index contributed by atoms with van der Waals surface area (Å²) in [6, 6.07) is 7.31. The lowest BCUT2D eigenvalue weighted by Crippen LogP contribution is -2.43. The first-order valence-electron chi connectivity index (χ1n) is 8.98. The highest BCUT2D eigenvalue weighted by Gasteiger charge is 2.13. The number of amides is 2. The minimum atomic E-state index is -0.296. The van der Waals surface area contributed by atoms with Gasteiger partial charge in [-0.3, -0.25) is 19.3 Å². The molecule has 0 saturated carbocycles. The molecule has 0 atom stereocenters. The Balaban J connectivity index is 1.58. The molecule has 1 aromatic carbocycles. The van der Waals surface area contributed by atoms with Gasteiger partial charge in [0.15, 0.2) is 5.78 Å². The van der Waals surface area contributed by atoms with E-state index in [4.69, 9.17) is 4.74 Å². The van der Waals surface area contributed by atoms with Crippen LogP contribution in [0.4, 0.5) is 0 Å². The smallest absolute Gasteiger partial charge is 0.239 e. The highest BCUT2D eigenvalue weighted by molar-refractivity contribution is 5.99. The minimum absolute atomic E-state index is 0.0618. The zero-order valence-electron chi connectivity index (χ0n) is 15.3. The van der Waals surface area contributed by atoms with E-state index >= 15 is 0 Å². The van der Waals surface area contributed by atoms with E-state index in [0.717, 1.165) is 38.4 Å². The van der Waals surface area contributed by atoms with Crippen LogP contribution in [0.3, 0.4) is 0 Å². The molecular weight excluding hydrogens is 334 g/mol. The van der Waals surface area contributed by atoms with Gasteiger partial charge in [-0.05, 0) is 12.5 Å². The Morgan fingerprint density at radius 2 is 1.77 bits per heavy atom. The van der Waals surface area contributed by atoms with Crippen molar-refractivity contribution in [1.82, 2.24) is 15.5 Å². The average molecular weight is 361 g/mol. The van der Waals surface area contributed by atoms with Crippen LogP contribution in [-0.2, 0) is 14.3 Å². The maximum atomic E-state index is 12.1. The molecule has 1 saturated heterocycles. The van der Waals surface area contributed by atoms with E-state index in [0.29, 0.717) is 12.1 Å². The van der Waals surface area contributed by atoms with Crippen LogP contribution in [0, 0.1) is 6.92 Å². The van der Waals surface area contributed by atoms with Crippen molar-refractivity contribution < 1.29 is 19.1 Å². The Hall–Kier alpha value is -2.25. The van der Waals surface area contributed by atoms with Crippen LogP contribution < -0.4 is 10.6 Å². The number of aryl methyl sites for hydroxylation is 1. The third-order valence-corrected chi connectivity index (χ3v) is 4.32. The number of rotatable bonds is 9. The number of benzene rings is 1. The molecule has 1 fully saturated rings. The van der Waals surface area contributed by atoms with Gasteiger partial charge in [-0.25, -0.2) is 0 Å². The van der Waals surface area contributed by atoms with Gasteiger partial charge in [-0.1, -0.05) is 24.3 Å². The summed E-state index contributed by atoms with van der Waals surface area (Å²) >= 11 is 0. The number of hydrogen-bond acceptors (Lipinski definition) is 5. The second-order valence-electron chi connectivity index (χ2n) is 6.32. The molecule has 0 aliphatic carbocycles. The molecule has 0 unspecified atom stereocenters. The standard InChI is InChI=1S/C19H27N3O4/c1-15-4-2-3-5-16(15)17(23)6-7-18(24)21-14-19(25)20-8-9-22-10-12-26-13-11-22/h2-5H,6-14H2,1H3,(H,20,25)(H,21,24). The molecule has 0 radical (unpaired) electrons. The molecule has 1 heterocycles. The second-order valence-corrected chi connectivity index (χ2v) is 6.32. The van der Waals surface area contributed by atoms with E-state index < -0.39 is 0 Å². The van der Waals surface area contributed by atoms with E-state index in [2.05, 4.69) is 15.5 Å². The molecule has 1 aromatic rings. The Labute approximate surface area is 154 Å². The zero-order chi connectivity index (χ0) is 18.8.